The zero-order valence-corrected chi connectivity index (χ0v) is 16.9. The minimum absolute atomic E-state index is 0.00473. The van der Waals surface area contributed by atoms with Gasteiger partial charge < -0.3 is 4.74 Å². The van der Waals surface area contributed by atoms with Gasteiger partial charge in [-0.2, -0.15) is 11.1 Å². The van der Waals surface area contributed by atoms with Gasteiger partial charge in [0.2, 0.25) is 0 Å². The van der Waals surface area contributed by atoms with Crippen LogP contribution in [0.3, 0.4) is 0 Å². The molecule has 2 aromatic heterocycles. The molecular weight excluding hydrogens is 382 g/mol. The standard InChI is InChI=1S/C22H21N5OS/c1-13-8-16(9-14(2)21(13)15-6-4-3-5-7-15)28-18-11-23-12-20-17(18)10-19(29-20)22-24-26-27-25-22/h3-12,22,24-27H,1-2H3. The second-order valence-electron chi connectivity index (χ2n) is 7.07. The van der Waals surface area contributed by atoms with E-state index in [4.69, 9.17) is 4.74 Å². The van der Waals surface area contributed by atoms with Crippen molar-refractivity contribution >= 4 is 21.4 Å². The number of hydrogen-bond acceptors (Lipinski definition) is 7. The SMILES string of the molecule is Cc1cc(Oc2cncc3sc(C4NNNN4)cc23)cc(C)c1-c1ccccc1. The van der Waals surface area contributed by atoms with Crippen molar-refractivity contribution in [3.05, 3.63) is 76.9 Å². The van der Waals surface area contributed by atoms with Gasteiger partial charge >= 0.3 is 0 Å². The number of aryl methyl sites for hydroxylation is 2. The van der Waals surface area contributed by atoms with Crippen molar-refractivity contribution in [2.24, 2.45) is 0 Å². The normalized spacial score (nSPS) is 14.6. The first-order chi connectivity index (χ1) is 14.2. The zero-order valence-electron chi connectivity index (χ0n) is 16.1. The predicted molar refractivity (Wildman–Crippen MR) is 116 cm³/mol. The highest BCUT2D eigenvalue weighted by molar-refractivity contribution is 7.19. The fourth-order valence-corrected chi connectivity index (χ4v) is 4.79. The van der Waals surface area contributed by atoms with Crippen LogP contribution in [-0.2, 0) is 0 Å². The molecule has 0 radical (unpaired) electrons. The van der Waals surface area contributed by atoms with Crippen LogP contribution in [0.4, 0.5) is 0 Å². The Morgan fingerprint density at radius 3 is 2.38 bits per heavy atom. The topological polar surface area (TPSA) is 70.2 Å². The van der Waals surface area contributed by atoms with E-state index in [1.165, 1.54) is 22.3 Å². The summed E-state index contributed by atoms with van der Waals surface area (Å²) in [5.74, 6) is 1.58. The smallest absolute Gasteiger partial charge is 0.154 e. The van der Waals surface area contributed by atoms with Crippen molar-refractivity contribution in [1.29, 1.82) is 0 Å². The van der Waals surface area contributed by atoms with E-state index in [0.717, 1.165) is 26.5 Å². The van der Waals surface area contributed by atoms with Crippen molar-refractivity contribution in [2.75, 3.05) is 0 Å². The summed E-state index contributed by atoms with van der Waals surface area (Å²) in [5.41, 5.74) is 16.8. The van der Waals surface area contributed by atoms with Gasteiger partial charge in [0, 0.05) is 16.5 Å². The fourth-order valence-electron chi connectivity index (χ4n) is 3.74. The molecular formula is C22H21N5OS. The van der Waals surface area contributed by atoms with Crippen LogP contribution in [0.15, 0.2) is 60.9 Å². The molecule has 1 aliphatic heterocycles. The highest BCUT2D eigenvalue weighted by Gasteiger charge is 2.19. The van der Waals surface area contributed by atoms with Gasteiger partial charge in [-0.05, 0) is 54.3 Å². The van der Waals surface area contributed by atoms with Crippen LogP contribution in [0.1, 0.15) is 22.2 Å². The molecule has 0 atom stereocenters. The number of nitrogens with zero attached hydrogens (tertiary/aromatic N) is 1. The van der Waals surface area contributed by atoms with E-state index in [1.54, 1.807) is 17.5 Å². The van der Waals surface area contributed by atoms with Crippen molar-refractivity contribution in [3.8, 4) is 22.6 Å². The maximum Gasteiger partial charge on any atom is 0.154 e. The molecule has 4 N–H and O–H groups in total. The van der Waals surface area contributed by atoms with E-state index in [0.29, 0.717) is 0 Å². The van der Waals surface area contributed by atoms with Gasteiger partial charge in [0.1, 0.15) is 11.9 Å². The predicted octanol–water partition coefficient (Wildman–Crippen LogP) is 4.49. The average Bonchev–Trinajstić information content (AvgIpc) is 3.38. The van der Waals surface area contributed by atoms with Gasteiger partial charge in [-0.1, -0.05) is 30.3 Å². The van der Waals surface area contributed by atoms with Crippen molar-refractivity contribution < 1.29 is 4.74 Å². The van der Waals surface area contributed by atoms with Crippen LogP contribution in [0.25, 0.3) is 21.2 Å². The molecule has 1 fully saturated rings. The Bertz CT molecular complexity index is 1150. The molecule has 0 spiro atoms. The second-order valence-corrected chi connectivity index (χ2v) is 8.19. The molecule has 5 rings (SSSR count). The maximum absolute atomic E-state index is 6.29. The van der Waals surface area contributed by atoms with E-state index in [-0.39, 0.29) is 6.17 Å². The third-order valence-corrected chi connectivity index (χ3v) is 6.14. The molecule has 4 aromatic rings. The minimum Gasteiger partial charge on any atom is -0.455 e. The molecule has 29 heavy (non-hydrogen) atoms. The van der Waals surface area contributed by atoms with E-state index < -0.39 is 0 Å². The number of aromatic nitrogens is 1. The van der Waals surface area contributed by atoms with Gasteiger partial charge in [-0.25, -0.2) is 10.9 Å². The molecule has 0 saturated carbocycles. The quantitative estimate of drug-likeness (QED) is 0.403. The molecule has 0 unspecified atom stereocenters. The lowest BCUT2D eigenvalue weighted by molar-refractivity contribution is 0.485. The number of ether oxygens (including phenoxy) is 1. The molecule has 1 aliphatic rings. The molecule has 0 amide bonds. The number of fused-ring (bicyclic) bond motifs is 1. The molecule has 2 aromatic carbocycles. The molecule has 146 valence electrons. The Morgan fingerprint density at radius 2 is 1.66 bits per heavy atom. The van der Waals surface area contributed by atoms with Gasteiger partial charge in [-0.15, -0.1) is 11.3 Å². The first kappa shape index (κ1) is 18.2. The summed E-state index contributed by atoms with van der Waals surface area (Å²) in [6.07, 6.45) is 3.65. The summed E-state index contributed by atoms with van der Waals surface area (Å²) >= 11 is 1.68. The third-order valence-electron chi connectivity index (χ3n) is 5.01. The first-order valence-corrected chi connectivity index (χ1v) is 10.2. The zero-order chi connectivity index (χ0) is 19.8. The Morgan fingerprint density at radius 1 is 0.931 bits per heavy atom. The summed E-state index contributed by atoms with van der Waals surface area (Å²) < 4.78 is 7.38. The van der Waals surface area contributed by atoms with Crippen molar-refractivity contribution in [2.45, 2.75) is 20.0 Å². The summed E-state index contributed by atoms with van der Waals surface area (Å²) in [4.78, 5) is 5.51. The molecule has 0 aliphatic carbocycles. The van der Waals surface area contributed by atoms with E-state index in [2.05, 4.69) is 83.2 Å². The summed E-state index contributed by atoms with van der Waals surface area (Å²) in [7, 11) is 0. The highest BCUT2D eigenvalue weighted by atomic mass is 32.1. The van der Waals surface area contributed by atoms with Crippen LogP contribution in [0, 0.1) is 13.8 Å². The Balaban J connectivity index is 1.49. The van der Waals surface area contributed by atoms with Gasteiger partial charge in [0.15, 0.2) is 5.75 Å². The number of hydrogen-bond donors (Lipinski definition) is 4. The summed E-state index contributed by atoms with van der Waals surface area (Å²) in [6, 6.07) is 16.8. The van der Waals surface area contributed by atoms with E-state index >= 15 is 0 Å². The summed E-state index contributed by atoms with van der Waals surface area (Å²) in [5, 5.41) is 1.05. The Hall–Kier alpha value is -2.81. The number of thiophene rings is 1. The lowest BCUT2D eigenvalue weighted by Gasteiger charge is -2.14. The van der Waals surface area contributed by atoms with E-state index in [1.807, 2.05) is 12.3 Å². The number of rotatable bonds is 4. The third kappa shape index (κ3) is 3.50. The largest absolute Gasteiger partial charge is 0.455 e. The van der Waals surface area contributed by atoms with Crippen LogP contribution >= 0.6 is 11.3 Å². The Kier molecular flexibility index (Phi) is 4.75. The fraction of sp³-hybridized carbons (Fsp3) is 0.136. The van der Waals surface area contributed by atoms with Crippen LogP contribution in [-0.4, -0.2) is 4.98 Å². The van der Waals surface area contributed by atoms with Gasteiger partial charge in [-0.3, -0.25) is 4.98 Å². The maximum atomic E-state index is 6.29. The first-order valence-electron chi connectivity index (χ1n) is 9.42. The number of benzene rings is 2. The number of pyridine rings is 1. The molecule has 3 heterocycles. The van der Waals surface area contributed by atoms with Gasteiger partial charge in [0.05, 0.1) is 10.9 Å². The number of nitrogens with one attached hydrogen (secondary N) is 4. The van der Waals surface area contributed by atoms with Crippen molar-refractivity contribution in [1.82, 2.24) is 26.9 Å². The molecule has 1 saturated heterocycles. The highest BCUT2D eigenvalue weighted by Crippen LogP contribution is 2.38. The van der Waals surface area contributed by atoms with Crippen LogP contribution < -0.4 is 26.7 Å². The summed E-state index contributed by atoms with van der Waals surface area (Å²) in [6.45, 7) is 4.25. The number of hydrazine groups is 3. The Labute approximate surface area is 172 Å². The van der Waals surface area contributed by atoms with Gasteiger partial charge in [0.25, 0.3) is 0 Å². The van der Waals surface area contributed by atoms with Crippen LogP contribution in [0.2, 0.25) is 0 Å². The van der Waals surface area contributed by atoms with E-state index in [9.17, 15) is 0 Å². The average molecular weight is 404 g/mol. The monoisotopic (exact) mass is 403 g/mol. The lowest BCUT2D eigenvalue weighted by atomic mass is 9.95. The molecule has 0 bridgehead atoms. The lowest BCUT2D eigenvalue weighted by Crippen LogP contribution is -2.33. The second kappa shape index (κ2) is 7.55. The molecule has 6 nitrogen and oxygen atoms in total. The van der Waals surface area contributed by atoms with Crippen molar-refractivity contribution in [3.63, 3.8) is 0 Å². The van der Waals surface area contributed by atoms with Crippen LogP contribution in [0.5, 0.6) is 11.5 Å². The minimum atomic E-state index is -0.00473. The molecule has 7 heteroatoms.